The first-order chi connectivity index (χ1) is 16.8. The molecule has 1 aliphatic heterocycles. The van der Waals surface area contributed by atoms with E-state index in [0.29, 0.717) is 28.9 Å². The van der Waals surface area contributed by atoms with Crippen molar-refractivity contribution in [3.05, 3.63) is 36.9 Å². The second kappa shape index (κ2) is 10.3. The Labute approximate surface area is 200 Å². The number of aldehydes is 1. The topological polar surface area (TPSA) is 201 Å². The van der Waals surface area contributed by atoms with Gasteiger partial charge in [-0.05, 0) is 12.1 Å². The Hall–Kier alpha value is -3.65. The number of amides is 1. The molecule has 1 amide bonds. The molecule has 0 spiro atoms. The van der Waals surface area contributed by atoms with Crippen molar-refractivity contribution in [3.8, 4) is 5.75 Å². The SMILES string of the molecule is CC(=O)Nc1ccccc1OC(CC(N)C=O)CC1OC(n2cnc3c(N)ncnc32)C(O)C1O. The Balaban J connectivity index is 1.56. The minimum atomic E-state index is -1.30. The molecule has 1 aliphatic rings. The normalized spacial score (nSPS) is 23.7. The molecule has 3 aromatic rings. The maximum Gasteiger partial charge on any atom is 0.221 e. The van der Waals surface area contributed by atoms with Crippen LogP contribution >= 0.6 is 0 Å². The van der Waals surface area contributed by atoms with E-state index in [1.54, 1.807) is 24.3 Å². The number of fused-ring (bicyclic) bond motifs is 1. The van der Waals surface area contributed by atoms with E-state index in [1.807, 2.05) is 0 Å². The van der Waals surface area contributed by atoms with Gasteiger partial charge in [0.1, 0.15) is 42.2 Å². The van der Waals surface area contributed by atoms with Gasteiger partial charge in [0.05, 0.1) is 24.2 Å². The van der Waals surface area contributed by atoms with Crippen molar-refractivity contribution >= 4 is 34.9 Å². The summed E-state index contributed by atoms with van der Waals surface area (Å²) >= 11 is 0. The van der Waals surface area contributed by atoms with Crippen LogP contribution in [0.4, 0.5) is 11.5 Å². The molecule has 4 rings (SSSR count). The summed E-state index contributed by atoms with van der Waals surface area (Å²) in [6.45, 7) is 1.37. The summed E-state index contributed by atoms with van der Waals surface area (Å²) in [5.41, 5.74) is 12.8. The average Bonchev–Trinajstić information content (AvgIpc) is 3.37. The lowest BCUT2D eigenvalue weighted by atomic mass is 10.00. The number of aromatic nitrogens is 4. The fraction of sp³-hybridized carbons (Fsp3) is 0.409. The van der Waals surface area contributed by atoms with Gasteiger partial charge in [0.2, 0.25) is 5.91 Å². The minimum Gasteiger partial charge on any atom is -0.488 e. The second-order valence-electron chi connectivity index (χ2n) is 8.32. The van der Waals surface area contributed by atoms with Gasteiger partial charge in [-0.15, -0.1) is 0 Å². The summed E-state index contributed by atoms with van der Waals surface area (Å²) in [4.78, 5) is 35.0. The van der Waals surface area contributed by atoms with Crippen LogP contribution in [0.3, 0.4) is 0 Å². The first-order valence-corrected chi connectivity index (χ1v) is 11.0. The highest BCUT2D eigenvalue weighted by Gasteiger charge is 2.45. The van der Waals surface area contributed by atoms with E-state index in [0.717, 1.165) is 0 Å². The molecule has 186 valence electrons. The molecule has 0 saturated carbocycles. The Bertz CT molecular complexity index is 1200. The van der Waals surface area contributed by atoms with Crippen molar-refractivity contribution in [3.63, 3.8) is 0 Å². The number of anilines is 2. The van der Waals surface area contributed by atoms with Crippen molar-refractivity contribution < 1.29 is 29.3 Å². The van der Waals surface area contributed by atoms with Crippen molar-refractivity contribution in [2.45, 2.75) is 56.5 Å². The van der Waals surface area contributed by atoms with Gasteiger partial charge in [0, 0.05) is 19.8 Å². The molecule has 35 heavy (non-hydrogen) atoms. The number of ether oxygens (including phenoxy) is 2. The molecule has 0 aliphatic carbocycles. The van der Waals surface area contributed by atoms with E-state index in [1.165, 1.54) is 24.1 Å². The molecular formula is C22H27N7O6. The predicted molar refractivity (Wildman–Crippen MR) is 124 cm³/mol. The highest BCUT2D eigenvalue weighted by atomic mass is 16.6. The van der Waals surface area contributed by atoms with Gasteiger partial charge >= 0.3 is 0 Å². The summed E-state index contributed by atoms with van der Waals surface area (Å²) in [5, 5.41) is 24.2. The lowest BCUT2D eigenvalue weighted by molar-refractivity contribution is -0.114. The third kappa shape index (κ3) is 5.22. The van der Waals surface area contributed by atoms with E-state index in [4.69, 9.17) is 20.9 Å². The van der Waals surface area contributed by atoms with Crippen LogP contribution in [-0.4, -0.2) is 72.4 Å². The standard InChI is InChI=1S/C22H27N7O6/c1-11(31)28-14-4-2-3-5-15(14)34-13(6-12(23)8-30)7-16-18(32)19(33)22(35-16)29-10-27-17-20(24)25-9-26-21(17)29/h2-5,8-10,12-13,16,18-19,22,32-33H,6-7,23H2,1H3,(H,28,31)(H2,24,25,26). The van der Waals surface area contributed by atoms with Crippen LogP contribution in [0.15, 0.2) is 36.9 Å². The fourth-order valence-corrected chi connectivity index (χ4v) is 4.06. The van der Waals surface area contributed by atoms with E-state index < -0.39 is 36.7 Å². The Kier molecular flexibility index (Phi) is 7.21. The molecule has 7 N–H and O–H groups in total. The number of carbonyl (C=O) groups excluding carboxylic acids is 2. The first kappa shape index (κ1) is 24.5. The fourth-order valence-electron chi connectivity index (χ4n) is 4.06. The molecule has 13 heteroatoms. The zero-order chi connectivity index (χ0) is 25.1. The third-order valence-electron chi connectivity index (χ3n) is 5.69. The maximum atomic E-state index is 11.6. The number of nitrogens with two attached hydrogens (primary N) is 2. The second-order valence-corrected chi connectivity index (χ2v) is 8.32. The van der Waals surface area contributed by atoms with Crippen LogP contribution in [0.5, 0.6) is 5.75 Å². The number of nitrogens with one attached hydrogen (secondary N) is 1. The molecule has 13 nitrogen and oxygen atoms in total. The molecule has 0 radical (unpaired) electrons. The molecular weight excluding hydrogens is 458 g/mol. The maximum absolute atomic E-state index is 11.6. The van der Waals surface area contributed by atoms with Crippen LogP contribution < -0.4 is 21.5 Å². The third-order valence-corrected chi connectivity index (χ3v) is 5.69. The van der Waals surface area contributed by atoms with Gasteiger partial charge in [-0.2, -0.15) is 0 Å². The number of nitrogen functional groups attached to an aromatic ring is 1. The van der Waals surface area contributed by atoms with Gasteiger partial charge in [-0.1, -0.05) is 12.1 Å². The predicted octanol–water partition coefficient (Wildman–Crippen LogP) is -0.260. The van der Waals surface area contributed by atoms with Crippen LogP contribution in [-0.2, 0) is 14.3 Å². The summed E-state index contributed by atoms with van der Waals surface area (Å²) in [7, 11) is 0. The number of imidazole rings is 1. The number of rotatable bonds is 9. The highest BCUT2D eigenvalue weighted by Crippen LogP contribution is 2.35. The molecule has 1 fully saturated rings. The van der Waals surface area contributed by atoms with E-state index in [9.17, 15) is 19.8 Å². The van der Waals surface area contributed by atoms with Gasteiger partial charge in [0.25, 0.3) is 0 Å². The largest absolute Gasteiger partial charge is 0.488 e. The summed E-state index contributed by atoms with van der Waals surface area (Å²) < 4.78 is 13.6. The zero-order valence-electron chi connectivity index (χ0n) is 18.9. The van der Waals surface area contributed by atoms with Gasteiger partial charge < -0.3 is 41.3 Å². The molecule has 1 saturated heterocycles. The minimum absolute atomic E-state index is 0.0917. The Morgan fingerprint density at radius 2 is 2.06 bits per heavy atom. The van der Waals surface area contributed by atoms with Gasteiger partial charge in [-0.3, -0.25) is 9.36 Å². The van der Waals surface area contributed by atoms with Gasteiger partial charge in [0.15, 0.2) is 17.7 Å². The molecule has 3 heterocycles. The van der Waals surface area contributed by atoms with E-state index in [-0.39, 0.29) is 24.6 Å². The number of aliphatic hydroxyl groups is 2. The highest BCUT2D eigenvalue weighted by molar-refractivity contribution is 5.90. The number of hydrogen-bond donors (Lipinski definition) is 5. The molecule has 0 bridgehead atoms. The van der Waals surface area contributed by atoms with Crippen LogP contribution in [0.25, 0.3) is 11.2 Å². The van der Waals surface area contributed by atoms with E-state index >= 15 is 0 Å². The first-order valence-electron chi connectivity index (χ1n) is 11.0. The average molecular weight is 486 g/mol. The number of nitrogens with zero attached hydrogens (tertiary/aromatic N) is 4. The van der Waals surface area contributed by atoms with Crippen LogP contribution in [0.2, 0.25) is 0 Å². The molecule has 6 atom stereocenters. The number of aliphatic hydroxyl groups excluding tert-OH is 2. The lowest BCUT2D eigenvalue weighted by Crippen LogP contribution is -2.37. The van der Waals surface area contributed by atoms with Crippen molar-refractivity contribution in [1.29, 1.82) is 0 Å². The summed E-state index contributed by atoms with van der Waals surface area (Å²) in [6, 6.07) is 5.97. The zero-order valence-corrected chi connectivity index (χ0v) is 18.9. The van der Waals surface area contributed by atoms with Crippen LogP contribution in [0.1, 0.15) is 26.0 Å². The smallest absolute Gasteiger partial charge is 0.221 e. The Morgan fingerprint density at radius 1 is 1.29 bits per heavy atom. The van der Waals surface area contributed by atoms with Crippen molar-refractivity contribution in [1.82, 2.24) is 19.5 Å². The monoisotopic (exact) mass is 485 g/mol. The molecule has 2 aromatic heterocycles. The van der Waals surface area contributed by atoms with Crippen molar-refractivity contribution in [2.24, 2.45) is 5.73 Å². The van der Waals surface area contributed by atoms with Crippen LogP contribution in [0, 0.1) is 0 Å². The quantitative estimate of drug-likeness (QED) is 0.250. The molecule has 6 unspecified atom stereocenters. The van der Waals surface area contributed by atoms with Gasteiger partial charge in [-0.25, -0.2) is 15.0 Å². The summed E-state index contributed by atoms with van der Waals surface area (Å²) in [6.07, 6.45) is -1.67. The number of para-hydroxylation sites is 2. The Morgan fingerprint density at radius 3 is 2.80 bits per heavy atom. The summed E-state index contributed by atoms with van der Waals surface area (Å²) in [5.74, 6) is 0.260. The van der Waals surface area contributed by atoms with E-state index in [2.05, 4.69) is 20.3 Å². The van der Waals surface area contributed by atoms with Crippen molar-refractivity contribution in [2.75, 3.05) is 11.1 Å². The molecule has 1 aromatic carbocycles. The lowest BCUT2D eigenvalue weighted by Gasteiger charge is -2.25. The number of carbonyl (C=O) groups is 2. The number of benzene rings is 1. The number of hydrogen-bond acceptors (Lipinski definition) is 11.